The van der Waals surface area contributed by atoms with E-state index in [2.05, 4.69) is 29.3 Å². The molecule has 2 aromatic rings. The first-order valence-electron chi connectivity index (χ1n) is 7.63. The van der Waals surface area contributed by atoms with Crippen molar-refractivity contribution in [2.24, 2.45) is 4.99 Å². The van der Waals surface area contributed by atoms with E-state index in [1.54, 1.807) is 7.11 Å². The molecule has 0 atom stereocenters. The van der Waals surface area contributed by atoms with Gasteiger partial charge >= 0.3 is 0 Å². The van der Waals surface area contributed by atoms with E-state index >= 15 is 0 Å². The van der Waals surface area contributed by atoms with Gasteiger partial charge < -0.3 is 14.2 Å². The second-order valence-corrected chi connectivity index (χ2v) is 5.49. The lowest BCUT2D eigenvalue weighted by Crippen LogP contribution is -2.10. The van der Waals surface area contributed by atoms with Gasteiger partial charge in [0.25, 0.3) is 0 Å². The summed E-state index contributed by atoms with van der Waals surface area (Å²) in [7, 11) is 1.69. The minimum absolute atomic E-state index is 0.296. The van der Waals surface area contributed by atoms with Gasteiger partial charge in [0.1, 0.15) is 5.75 Å². The highest BCUT2D eigenvalue weighted by atomic mass is 16.7. The summed E-state index contributed by atoms with van der Waals surface area (Å²) in [5.41, 5.74) is 4.53. The van der Waals surface area contributed by atoms with Crippen LogP contribution in [0.5, 0.6) is 17.2 Å². The molecule has 2 aromatic carbocycles. The number of nitrogens with zero attached hydrogens (tertiary/aromatic N) is 1. The van der Waals surface area contributed by atoms with Crippen molar-refractivity contribution in [3.63, 3.8) is 0 Å². The average Bonchev–Trinajstić information content (AvgIpc) is 3.07. The number of hydrogen-bond acceptors (Lipinski definition) is 4. The van der Waals surface area contributed by atoms with Gasteiger partial charge in [-0.05, 0) is 54.0 Å². The maximum Gasteiger partial charge on any atom is 0.231 e. The smallest absolute Gasteiger partial charge is 0.231 e. The Morgan fingerprint density at radius 2 is 1.96 bits per heavy atom. The van der Waals surface area contributed by atoms with Gasteiger partial charge in [0.05, 0.1) is 12.8 Å². The van der Waals surface area contributed by atoms with Crippen LogP contribution in [-0.4, -0.2) is 26.2 Å². The third-order valence-corrected chi connectivity index (χ3v) is 4.08. The molecule has 0 bridgehead atoms. The summed E-state index contributed by atoms with van der Waals surface area (Å²) in [5, 5.41) is 0. The van der Waals surface area contributed by atoms with Crippen molar-refractivity contribution >= 4 is 11.8 Å². The molecule has 0 aliphatic carbocycles. The third kappa shape index (κ3) is 2.68. The van der Waals surface area contributed by atoms with Crippen LogP contribution in [0.3, 0.4) is 0 Å². The number of hydrogen-bond donors (Lipinski definition) is 0. The van der Waals surface area contributed by atoms with E-state index in [9.17, 15) is 0 Å². The van der Waals surface area contributed by atoms with Gasteiger partial charge in [-0.1, -0.05) is 12.1 Å². The van der Waals surface area contributed by atoms with Crippen LogP contribution >= 0.6 is 0 Å². The van der Waals surface area contributed by atoms with Crippen molar-refractivity contribution in [1.29, 1.82) is 0 Å². The van der Waals surface area contributed by atoms with Gasteiger partial charge in [0.15, 0.2) is 11.5 Å². The molecule has 4 nitrogen and oxygen atoms in total. The topological polar surface area (TPSA) is 40.0 Å². The normalized spacial score (nSPS) is 15.4. The van der Waals surface area contributed by atoms with E-state index in [1.165, 1.54) is 11.1 Å². The summed E-state index contributed by atoms with van der Waals surface area (Å²) < 4.78 is 16.1. The number of aliphatic imine (C=N–C) groups is 1. The molecule has 0 saturated carbocycles. The summed E-state index contributed by atoms with van der Waals surface area (Å²) in [5.74, 6) is 2.49. The van der Waals surface area contributed by atoms with Crippen molar-refractivity contribution in [2.75, 3.05) is 20.4 Å². The van der Waals surface area contributed by atoms with Crippen LogP contribution < -0.4 is 14.2 Å². The number of rotatable bonds is 3. The Hall–Kier alpha value is -2.75. The Balaban J connectivity index is 1.61. The van der Waals surface area contributed by atoms with Crippen LogP contribution in [0, 0.1) is 0 Å². The number of allylic oxidation sites excluding steroid dienone is 1. The molecule has 2 heterocycles. The van der Waals surface area contributed by atoms with E-state index in [1.807, 2.05) is 24.3 Å². The quantitative estimate of drug-likeness (QED) is 0.871. The van der Waals surface area contributed by atoms with Crippen molar-refractivity contribution in [1.82, 2.24) is 0 Å². The summed E-state index contributed by atoms with van der Waals surface area (Å²) in [4.78, 5) is 4.65. The van der Waals surface area contributed by atoms with Gasteiger partial charge in [-0.2, -0.15) is 0 Å². The second-order valence-electron chi connectivity index (χ2n) is 5.49. The summed E-state index contributed by atoms with van der Waals surface area (Å²) in [6.07, 6.45) is 5.07. The monoisotopic (exact) mass is 307 g/mol. The largest absolute Gasteiger partial charge is 0.497 e. The summed E-state index contributed by atoms with van der Waals surface area (Å²) >= 11 is 0. The molecule has 0 unspecified atom stereocenters. The van der Waals surface area contributed by atoms with E-state index in [-0.39, 0.29) is 0 Å². The van der Waals surface area contributed by atoms with E-state index in [0.717, 1.165) is 41.5 Å². The van der Waals surface area contributed by atoms with Gasteiger partial charge in [-0.25, -0.2) is 0 Å². The Kier molecular flexibility index (Phi) is 3.50. The highest BCUT2D eigenvalue weighted by Crippen LogP contribution is 2.33. The highest BCUT2D eigenvalue weighted by molar-refractivity contribution is 6.12. The first-order valence-corrected chi connectivity index (χ1v) is 7.63. The van der Waals surface area contributed by atoms with Crippen LogP contribution in [-0.2, 0) is 6.42 Å². The van der Waals surface area contributed by atoms with Gasteiger partial charge in [0, 0.05) is 12.1 Å². The zero-order valence-electron chi connectivity index (χ0n) is 12.9. The molecular formula is C19H17NO3. The molecular weight excluding hydrogens is 290 g/mol. The van der Waals surface area contributed by atoms with Gasteiger partial charge in [0.2, 0.25) is 6.79 Å². The van der Waals surface area contributed by atoms with Crippen LogP contribution in [0.25, 0.3) is 6.08 Å². The van der Waals surface area contributed by atoms with E-state index < -0.39 is 0 Å². The molecule has 23 heavy (non-hydrogen) atoms. The van der Waals surface area contributed by atoms with Crippen molar-refractivity contribution in [2.45, 2.75) is 6.42 Å². The lowest BCUT2D eigenvalue weighted by molar-refractivity contribution is 0.174. The lowest BCUT2D eigenvalue weighted by atomic mass is 9.96. The minimum Gasteiger partial charge on any atom is -0.497 e. The molecule has 0 amide bonds. The molecule has 0 saturated heterocycles. The predicted octanol–water partition coefficient (Wildman–Crippen LogP) is 3.48. The molecule has 0 aromatic heterocycles. The lowest BCUT2D eigenvalue weighted by Gasteiger charge is -2.15. The molecule has 4 heteroatoms. The molecule has 0 N–H and O–H groups in total. The number of benzene rings is 2. The van der Waals surface area contributed by atoms with Crippen LogP contribution in [0.15, 0.2) is 47.5 Å². The molecule has 116 valence electrons. The molecule has 0 fully saturated rings. The number of ether oxygens (including phenoxy) is 3. The van der Waals surface area contributed by atoms with E-state index in [0.29, 0.717) is 6.79 Å². The van der Waals surface area contributed by atoms with Gasteiger partial charge in [-0.15, -0.1) is 0 Å². The maximum absolute atomic E-state index is 5.41. The maximum atomic E-state index is 5.41. The fourth-order valence-electron chi connectivity index (χ4n) is 2.87. The summed E-state index contributed by atoms with van der Waals surface area (Å²) in [6.45, 7) is 1.10. The van der Waals surface area contributed by atoms with Crippen molar-refractivity contribution in [3.8, 4) is 17.2 Å². The summed E-state index contributed by atoms with van der Waals surface area (Å²) in [6, 6.07) is 12.1. The fraction of sp³-hybridized carbons (Fsp3) is 0.211. The molecule has 4 rings (SSSR count). The van der Waals surface area contributed by atoms with Crippen LogP contribution in [0.1, 0.15) is 16.7 Å². The Labute approximate surface area is 135 Å². The number of methoxy groups -OCH3 is 1. The second kappa shape index (κ2) is 5.80. The first kappa shape index (κ1) is 13.9. The zero-order valence-corrected chi connectivity index (χ0v) is 12.9. The standard InChI is InChI=1S/C19H17NO3/c1-21-15-4-5-16-14(11-15)8-9-20-17(16)6-2-13-3-7-18-19(10-13)23-12-22-18/h2-7,10-11H,8-9,12H2,1H3/b6-2+. The fourth-order valence-corrected chi connectivity index (χ4v) is 2.87. The Morgan fingerprint density at radius 1 is 1.04 bits per heavy atom. The number of fused-ring (bicyclic) bond motifs is 2. The average molecular weight is 307 g/mol. The molecule has 2 aliphatic heterocycles. The Bertz CT molecular complexity index is 808. The molecule has 2 aliphatic rings. The molecule has 0 spiro atoms. The van der Waals surface area contributed by atoms with E-state index in [4.69, 9.17) is 14.2 Å². The van der Waals surface area contributed by atoms with Crippen molar-refractivity contribution < 1.29 is 14.2 Å². The zero-order chi connectivity index (χ0) is 15.6. The van der Waals surface area contributed by atoms with Crippen LogP contribution in [0.4, 0.5) is 0 Å². The first-order chi connectivity index (χ1) is 11.3. The van der Waals surface area contributed by atoms with Gasteiger partial charge in [-0.3, -0.25) is 4.99 Å². The van der Waals surface area contributed by atoms with Crippen molar-refractivity contribution in [3.05, 3.63) is 59.2 Å². The SMILES string of the molecule is COc1ccc2c(c1)CCN=C2/C=C/c1ccc2c(c1)OCO2. The minimum atomic E-state index is 0.296. The highest BCUT2D eigenvalue weighted by Gasteiger charge is 2.14. The molecule has 0 radical (unpaired) electrons. The van der Waals surface area contributed by atoms with Crippen LogP contribution in [0.2, 0.25) is 0 Å². The third-order valence-electron chi connectivity index (χ3n) is 4.08. The predicted molar refractivity (Wildman–Crippen MR) is 89.7 cm³/mol. The Morgan fingerprint density at radius 3 is 2.87 bits per heavy atom.